The van der Waals surface area contributed by atoms with Crippen molar-refractivity contribution < 1.29 is 43.4 Å². The van der Waals surface area contributed by atoms with Crippen molar-refractivity contribution in [1.82, 2.24) is 19.5 Å². The number of nitrogens with zero attached hydrogens (tertiary/aromatic N) is 4. The number of aromatic nitrogens is 4. The predicted molar refractivity (Wildman–Crippen MR) is 99.8 cm³/mol. The molecule has 5 atom stereocenters. The number of fused-ring (bicyclic) bond motifs is 1. The van der Waals surface area contributed by atoms with Crippen LogP contribution in [0.3, 0.4) is 0 Å². The molecule has 3 rings (SSSR count). The first-order valence-corrected chi connectivity index (χ1v) is 10.3. The normalized spacial score (nSPS) is 26.3. The van der Waals surface area contributed by atoms with E-state index in [0.29, 0.717) is 11.0 Å². The molecule has 5 N–H and O–H groups in total. The third kappa shape index (κ3) is 6.38. The van der Waals surface area contributed by atoms with E-state index < -0.39 is 44.5 Å². The summed E-state index contributed by atoms with van der Waals surface area (Å²) < 4.78 is 21.5. The monoisotopic (exact) mass is 451 g/mol. The summed E-state index contributed by atoms with van der Waals surface area (Å²) in [6.07, 6.45) is -1.78. The zero-order chi connectivity index (χ0) is 22.7. The lowest BCUT2D eigenvalue weighted by Gasteiger charge is -2.25. The summed E-state index contributed by atoms with van der Waals surface area (Å²) in [6.45, 7) is 0.128. The minimum absolute atomic E-state index is 0.0147. The van der Waals surface area contributed by atoms with E-state index in [9.17, 15) is 24.5 Å². The van der Waals surface area contributed by atoms with E-state index in [1.165, 1.54) is 17.2 Å². The number of phosphoric acid groups is 1. The summed E-state index contributed by atoms with van der Waals surface area (Å²) in [5.41, 5.74) is -0.0608. The van der Waals surface area contributed by atoms with Gasteiger partial charge in [0.15, 0.2) is 17.4 Å². The summed E-state index contributed by atoms with van der Waals surface area (Å²) in [6, 6.07) is 0. The second-order valence-corrected chi connectivity index (χ2v) is 8.80. The zero-order valence-electron chi connectivity index (χ0n) is 16.7. The van der Waals surface area contributed by atoms with Gasteiger partial charge in [-0.25, -0.2) is 9.97 Å². The third-order valence-electron chi connectivity index (χ3n) is 4.17. The van der Waals surface area contributed by atoms with E-state index in [-0.39, 0.29) is 17.8 Å². The highest BCUT2D eigenvalue weighted by atomic mass is 31.2. The molecule has 0 saturated carbocycles. The van der Waals surface area contributed by atoms with Crippen LogP contribution in [0.4, 0.5) is 0 Å². The highest BCUT2D eigenvalue weighted by Crippen LogP contribution is 2.31. The molecule has 1 unspecified atom stereocenters. The molecule has 0 aromatic carbocycles. The Morgan fingerprint density at radius 3 is 2.53 bits per heavy atom. The molecule has 15 heteroatoms. The summed E-state index contributed by atoms with van der Waals surface area (Å²) in [5.74, 6) is 0. The fourth-order valence-electron chi connectivity index (χ4n) is 2.59. The first-order chi connectivity index (χ1) is 13.8. The fourth-order valence-corrected chi connectivity index (χ4v) is 2.90. The Balaban J connectivity index is 0.000000252. The van der Waals surface area contributed by atoms with E-state index in [2.05, 4.69) is 19.5 Å². The molecule has 3 heterocycles. The maximum Gasteiger partial charge on any atom is 0.278 e. The molecule has 170 valence electrons. The summed E-state index contributed by atoms with van der Waals surface area (Å²) >= 11 is 0. The van der Waals surface area contributed by atoms with Crippen LogP contribution in [-0.2, 0) is 13.8 Å². The standard InChI is InChI=1S/C10H12N4O5.C5H14NO4P/c15-1-4-6(16)7(17)10(19-4)14-3-13-5-8(14)11-2-12-9(5)18;1-6(2,3)4-5-10-11(7,8)9/h2-4,6-7,10,15-17H,1H2,(H,11,12,18);4-5H2,1-3H3,(H-,7,8,9)/t4-,6-,7-,10-;/m1./s1. The molecule has 0 aliphatic carbocycles. The number of phosphoric ester groups is 1. The van der Waals surface area contributed by atoms with Crippen LogP contribution in [0.2, 0.25) is 0 Å². The maximum absolute atomic E-state index is 11.5. The van der Waals surface area contributed by atoms with E-state index in [0.717, 1.165) is 0 Å². The number of ether oxygens (including phenoxy) is 1. The van der Waals surface area contributed by atoms with Gasteiger partial charge in [-0.3, -0.25) is 13.9 Å². The van der Waals surface area contributed by atoms with Gasteiger partial charge in [-0.2, -0.15) is 0 Å². The number of aliphatic hydroxyl groups is 3. The van der Waals surface area contributed by atoms with Crippen molar-refractivity contribution in [3.05, 3.63) is 23.0 Å². The minimum Gasteiger partial charge on any atom is -0.756 e. The van der Waals surface area contributed by atoms with Gasteiger partial charge >= 0.3 is 0 Å². The smallest absolute Gasteiger partial charge is 0.278 e. The molecule has 1 saturated heterocycles. The number of hydrogen-bond donors (Lipinski definition) is 5. The SMILES string of the molecule is C[N+](C)(C)CCOP(=O)([O-])O.O=c1[nH]cnc2c1ncn2[C@@H]1O[C@H](CO)[C@@H](O)[C@H]1O. The second kappa shape index (κ2) is 9.60. The fraction of sp³-hybridized carbons (Fsp3) is 0.667. The van der Waals surface area contributed by atoms with Crippen LogP contribution in [0, 0.1) is 0 Å². The van der Waals surface area contributed by atoms with Gasteiger partial charge in [0.25, 0.3) is 13.4 Å². The van der Waals surface area contributed by atoms with Gasteiger partial charge in [-0.15, -0.1) is 0 Å². The van der Waals surface area contributed by atoms with Crippen molar-refractivity contribution in [1.29, 1.82) is 0 Å². The van der Waals surface area contributed by atoms with Gasteiger partial charge in [-0.1, -0.05) is 0 Å². The van der Waals surface area contributed by atoms with E-state index in [1.54, 1.807) is 0 Å². The van der Waals surface area contributed by atoms with Crippen molar-refractivity contribution in [3.8, 4) is 0 Å². The molecule has 0 radical (unpaired) electrons. The lowest BCUT2D eigenvalue weighted by molar-refractivity contribution is -0.870. The second-order valence-electron chi connectivity index (χ2n) is 7.60. The lowest BCUT2D eigenvalue weighted by Crippen LogP contribution is -2.37. The molecule has 0 bridgehead atoms. The number of quaternary nitrogens is 1. The average Bonchev–Trinajstić information content (AvgIpc) is 3.16. The number of H-pyrrole nitrogens is 1. The Labute approximate surface area is 171 Å². The Morgan fingerprint density at radius 2 is 2.00 bits per heavy atom. The first-order valence-electron chi connectivity index (χ1n) is 8.85. The van der Waals surface area contributed by atoms with Gasteiger partial charge in [0.05, 0.1) is 40.4 Å². The highest BCUT2D eigenvalue weighted by Gasteiger charge is 2.43. The number of imidazole rings is 1. The minimum atomic E-state index is -4.51. The summed E-state index contributed by atoms with van der Waals surface area (Å²) in [7, 11) is 1.19. The maximum atomic E-state index is 11.5. The Kier molecular flexibility index (Phi) is 7.85. The number of rotatable bonds is 6. The van der Waals surface area contributed by atoms with Crippen molar-refractivity contribution in [2.45, 2.75) is 24.5 Å². The van der Waals surface area contributed by atoms with E-state index >= 15 is 0 Å². The number of hydrogen-bond acceptors (Lipinski definition) is 10. The quantitative estimate of drug-likeness (QED) is 0.220. The van der Waals surface area contributed by atoms with E-state index in [4.69, 9.17) is 14.7 Å². The molecular weight excluding hydrogens is 425 g/mol. The largest absolute Gasteiger partial charge is 0.756 e. The molecule has 1 aliphatic rings. The van der Waals surface area contributed by atoms with Crippen LogP contribution in [0.1, 0.15) is 6.23 Å². The first kappa shape index (κ1) is 24.5. The summed E-state index contributed by atoms with van der Waals surface area (Å²) in [5, 5.41) is 28.6. The molecule has 14 nitrogen and oxygen atoms in total. The van der Waals surface area contributed by atoms with Gasteiger partial charge in [0.2, 0.25) is 0 Å². The zero-order valence-corrected chi connectivity index (χ0v) is 17.5. The number of likely N-dealkylation sites (N-methyl/N-ethyl adjacent to an activating group) is 1. The lowest BCUT2D eigenvalue weighted by atomic mass is 10.1. The molecule has 0 amide bonds. The van der Waals surface area contributed by atoms with Crippen LogP contribution in [-0.4, -0.2) is 103 Å². The highest BCUT2D eigenvalue weighted by molar-refractivity contribution is 7.44. The Morgan fingerprint density at radius 1 is 1.33 bits per heavy atom. The average molecular weight is 451 g/mol. The van der Waals surface area contributed by atoms with E-state index in [1.807, 2.05) is 21.1 Å². The van der Waals surface area contributed by atoms with Crippen molar-refractivity contribution in [3.63, 3.8) is 0 Å². The topological polar surface area (TPSA) is 203 Å². The molecule has 2 aromatic rings. The summed E-state index contributed by atoms with van der Waals surface area (Å²) in [4.78, 5) is 40.0. The van der Waals surface area contributed by atoms with Crippen LogP contribution in [0.5, 0.6) is 0 Å². The Hall–Kier alpha value is -1.74. The molecule has 0 spiro atoms. The molecule has 30 heavy (non-hydrogen) atoms. The van der Waals surface area contributed by atoms with Crippen molar-refractivity contribution in [2.24, 2.45) is 0 Å². The van der Waals surface area contributed by atoms with Gasteiger partial charge in [0, 0.05) is 0 Å². The number of nitrogens with one attached hydrogen (secondary N) is 1. The third-order valence-corrected chi connectivity index (χ3v) is 4.68. The van der Waals surface area contributed by atoms with Crippen LogP contribution >= 0.6 is 7.82 Å². The van der Waals surface area contributed by atoms with Crippen LogP contribution < -0.4 is 10.5 Å². The van der Waals surface area contributed by atoms with Crippen LogP contribution in [0.25, 0.3) is 11.2 Å². The van der Waals surface area contributed by atoms with Gasteiger partial charge in [0.1, 0.15) is 31.5 Å². The molecule has 1 fully saturated rings. The van der Waals surface area contributed by atoms with Crippen molar-refractivity contribution in [2.75, 3.05) is 40.9 Å². The molecular formula is C15H26N5O9P. The number of aliphatic hydroxyl groups excluding tert-OH is 3. The number of aromatic amines is 1. The van der Waals surface area contributed by atoms with Crippen LogP contribution in [0.15, 0.2) is 17.4 Å². The van der Waals surface area contributed by atoms with Crippen molar-refractivity contribution >= 4 is 19.0 Å². The Bertz CT molecular complexity index is 936. The predicted octanol–water partition coefficient (Wildman–Crippen LogP) is -3.10. The molecule has 2 aromatic heterocycles. The molecule has 1 aliphatic heterocycles. The van der Waals surface area contributed by atoms with Gasteiger partial charge < -0.3 is 43.8 Å². The van der Waals surface area contributed by atoms with Gasteiger partial charge in [-0.05, 0) is 0 Å².